The number of hydrogen-bond donors (Lipinski definition) is 2. The summed E-state index contributed by atoms with van der Waals surface area (Å²) in [4.78, 5) is 5.54. The van der Waals surface area contributed by atoms with Gasteiger partial charge in [-0.25, -0.2) is 4.39 Å². The second-order valence-electron chi connectivity index (χ2n) is 4.51. The Labute approximate surface area is 105 Å². The molecule has 0 amide bonds. The van der Waals surface area contributed by atoms with Gasteiger partial charge in [0.2, 0.25) is 0 Å². The molecule has 0 saturated carbocycles. The molecule has 3 rings (SSSR count). The molecule has 92 valence electrons. The van der Waals surface area contributed by atoms with Crippen molar-refractivity contribution in [2.45, 2.75) is 12.0 Å². The molecule has 0 aromatic heterocycles. The van der Waals surface area contributed by atoms with E-state index in [2.05, 4.69) is 22.6 Å². The van der Waals surface area contributed by atoms with Crippen LogP contribution in [0.2, 0.25) is 0 Å². The molecule has 1 spiro atoms. The summed E-state index contributed by atoms with van der Waals surface area (Å²) < 4.78 is 13.0. The van der Waals surface area contributed by atoms with E-state index in [0.29, 0.717) is 5.56 Å². The van der Waals surface area contributed by atoms with Crippen molar-refractivity contribution in [3.8, 4) is 11.8 Å². The van der Waals surface area contributed by atoms with E-state index in [9.17, 15) is 4.39 Å². The molecule has 0 aliphatic carbocycles. The van der Waals surface area contributed by atoms with Crippen molar-refractivity contribution < 1.29 is 9.23 Å². The second-order valence-corrected chi connectivity index (χ2v) is 4.51. The summed E-state index contributed by atoms with van der Waals surface area (Å²) in [5, 5.41) is 3.25. The molecule has 2 aliphatic heterocycles. The number of rotatable bonds is 0. The lowest BCUT2D eigenvalue weighted by molar-refractivity contribution is -0.0250. The topological polar surface area (TPSA) is 33.3 Å². The summed E-state index contributed by atoms with van der Waals surface area (Å²) in [7, 11) is 0. The van der Waals surface area contributed by atoms with Gasteiger partial charge in [0.15, 0.2) is 0 Å². The maximum absolute atomic E-state index is 13.0. The van der Waals surface area contributed by atoms with E-state index in [1.54, 1.807) is 12.1 Å². The molecule has 1 unspecified atom stereocenters. The average molecular weight is 244 g/mol. The SMILES string of the molecule is Fc1cccc(C#CC2=CC3(CCNC3)ON2)c1. The zero-order chi connectivity index (χ0) is 12.4. The number of benzene rings is 1. The molecule has 1 saturated heterocycles. The minimum Gasteiger partial charge on any atom is -0.313 e. The van der Waals surface area contributed by atoms with E-state index in [0.717, 1.165) is 25.2 Å². The monoisotopic (exact) mass is 244 g/mol. The molecule has 0 bridgehead atoms. The highest BCUT2D eigenvalue weighted by Gasteiger charge is 2.37. The molecular weight excluding hydrogens is 231 g/mol. The molecule has 1 aromatic rings. The standard InChI is InChI=1S/C14H13FN2O/c15-12-3-1-2-11(8-12)4-5-13-9-14(18-17-13)6-7-16-10-14/h1-3,8-9,16-17H,6-7,10H2. The van der Waals surface area contributed by atoms with E-state index in [-0.39, 0.29) is 11.4 Å². The van der Waals surface area contributed by atoms with Gasteiger partial charge in [-0.1, -0.05) is 12.0 Å². The summed E-state index contributed by atoms with van der Waals surface area (Å²) in [6.07, 6.45) is 2.93. The Morgan fingerprint density at radius 1 is 1.33 bits per heavy atom. The minimum atomic E-state index is -0.275. The van der Waals surface area contributed by atoms with Gasteiger partial charge in [-0.2, -0.15) is 0 Å². The van der Waals surface area contributed by atoms with Crippen molar-refractivity contribution in [1.82, 2.24) is 10.8 Å². The predicted octanol–water partition coefficient (Wildman–Crippen LogP) is 1.33. The molecule has 4 heteroatoms. The molecule has 1 atom stereocenters. The van der Waals surface area contributed by atoms with Crippen LogP contribution in [-0.2, 0) is 4.84 Å². The first kappa shape index (κ1) is 11.3. The van der Waals surface area contributed by atoms with Gasteiger partial charge in [-0.3, -0.25) is 10.3 Å². The Hall–Kier alpha value is -1.83. The Balaban J connectivity index is 1.78. The number of hydrogen-bond acceptors (Lipinski definition) is 3. The van der Waals surface area contributed by atoms with Gasteiger partial charge in [0.25, 0.3) is 0 Å². The smallest absolute Gasteiger partial charge is 0.131 e. The number of halogens is 1. The summed E-state index contributed by atoms with van der Waals surface area (Å²) in [5.74, 6) is 5.59. The number of hydroxylamine groups is 1. The third kappa shape index (κ3) is 2.23. The first-order valence-corrected chi connectivity index (χ1v) is 5.91. The number of nitrogens with one attached hydrogen (secondary N) is 2. The first-order valence-electron chi connectivity index (χ1n) is 5.91. The van der Waals surface area contributed by atoms with Crippen LogP contribution >= 0.6 is 0 Å². The normalized spacial score (nSPS) is 25.5. The fraction of sp³-hybridized carbons (Fsp3) is 0.286. The Morgan fingerprint density at radius 2 is 2.28 bits per heavy atom. The molecule has 3 nitrogen and oxygen atoms in total. The fourth-order valence-electron chi connectivity index (χ4n) is 2.14. The van der Waals surface area contributed by atoms with Gasteiger partial charge in [-0.15, -0.1) is 0 Å². The van der Waals surface area contributed by atoms with Crippen LogP contribution in [0.3, 0.4) is 0 Å². The van der Waals surface area contributed by atoms with Gasteiger partial charge in [0.1, 0.15) is 17.1 Å². The Bertz CT molecular complexity index is 550. The van der Waals surface area contributed by atoms with Crippen molar-refractivity contribution in [1.29, 1.82) is 0 Å². The highest BCUT2D eigenvalue weighted by Crippen LogP contribution is 2.26. The maximum atomic E-state index is 13.0. The molecule has 2 N–H and O–H groups in total. The van der Waals surface area contributed by atoms with Crippen LogP contribution in [0.15, 0.2) is 36.0 Å². The highest BCUT2D eigenvalue weighted by molar-refractivity contribution is 5.41. The largest absolute Gasteiger partial charge is 0.313 e. The van der Waals surface area contributed by atoms with Crippen LogP contribution < -0.4 is 10.8 Å². The van der Waals surface area contributed by atoms with Crippen molar-refractivity contribution in [2.75, 3.05) is 13.1 Å². The predicted molar refractivity (Wildman–Crippen MR) is 65.8 cm³/mol. The van der Waals surface area contributed by atoms with Crippen LogP contribution in [-0.4, -0.2) is 18.7 Å². The number of allylic oxidation sites excluding steroid dienone is 1. The van der Waals surface area contributed by atoms with Crippen LogP contribution in [0.5, 0.6) is 0 Å². The van der Waals surface area contributed by atoms with Crippen LogP contribution in [0.25, 0.3) is 0 Å². The minimum absolute atomic E-state index is 0.258. The van der Waals surface area contributed by atoms with Crippen molar-refractivity contribution >= 4 is 0 Å². The van der Waals surface area contributed by atoms with Gasteiger partial charge in [0, 0.05) is 12.1 Å². The van der Waals surface area contributed by atoms with Crippen molar-refractivity contribution in [2.24, 2.45) is 0 Å². The molecular formula is C14H13FN2O. The molecule has 2 aliphatic rings. The second kappa shape index (κ2) is 4.45. The third-order valence-corrected chi connectivity index (χ3v) is 3.09. The van der Waals surface area contributed by atoms with Crippen LogP contribution in [0.1, 0.15) is 12.0 Å². The average Bonchev–Trinajstić information content (AvgIpc) is 2.98. The zero-order valence-corrected chi connectivity index (χ0v) is 9.79. The van der Waals surface area contributed by atoms with Crippen molar-refractivity contribution in [3.63, 3.8) is 0 Å². The summed E-state index contributed by atoms with van der Waals surface area (Å²) in [6, 6.07) is 6.24. The maximum Gasteiger partial charge on any atom is 0.131 e. The Kier molecular flexibility index (Phi) is 2.78. The summed E-state index contributed by atoms with van der Waals surface area (Å²) in [6.45, 7) is 1.74. The van der Waals surface area contributed by atoms with Gasteiger partial charge in [0.05, 0.1) is 0 Å². The highest BCUT2D eigenvalue weighted by atomic mass is 19.1. The fourth-order valence-corrected chi connectivity index (χ4v) is 2.14. The molecule has 1 fully saturated rings. The molecule has 18 heavy (non-hydrogen) atoms. The van der Waals surface area contributed by atoms with E-state index in [1.807, 2.05) is 6.08 Å². The van der Waals surface area contributed by atoms with Crippen LogP contribution in [0.4, 0.5) is 4.39 Å². The lowest BCUT2D eigenvalue weighted by Crippen LogP contribution is -2.31. The molecule has 0 radical (unpaired) electrons. The van der Waals surface area contributed by atoms with E-state index in [4.69, 9.17) is 4.84 Å². The lowest BCUT2D eigenvalue weighted by atomic mass is 10.0. The molecule has 1 aromatic carbocycles. The van der Waals surface area contributed by atoms with Gasteiger partial charge >= 0.3 is 0 Å². The molecule has 2 heterocycles. The lowest BCUT2D eigenvalue weighted by Gasteiger charge is -2.16. The van der Waals surface area contributed by atoms with E-state index >= 15 is 0 Å². The summed E-state index contributed by atoms with van der Waals surface area (Å²) in [5.41, 5.74) is 3.96. The van der Waals surface area contributed by atoms with Gasteiger partial charge < -0.3 is 5.32 Å². The first-order chi connectivity index (χ1) is 8.76. The van der Waals surface area contributed by atoms with Crippen LogP contribution in [0, 0.1) is 17.7 Å². The van der Waals surface area contributed by atoms with E-state index in [1.165, 1.54) is 12.1 Å². The summed E-state index contributed by atoms with van der Waals surface area (Å²) >= 11 is 0. The quantitative estimate of drug-likeness (QED) is 0.675. The van der Waals surface area contributed by atoms with Crippen molar-refractivity contribution in [3.05, 3.63) is 47.4 Å². The zero-order valence-electron chi connectivity index (χ0n) is 9.79. The third-order valence-electron chi connectivity index (χ3n) is 3.09. The van der Waals surface area contributed by atoms with Gasteiger partial charge in [-0.05, 0) is 43.2 Å². The van der Waals surface area contributed by atoms with E-state index < -0.39 is 0 Å². The Morgan fingerprint density at radius 3 is 3.06 bits per heavy atom.